The molecule has 2 fully saturated rings. The molecule has 6 rings (SSSR count). The number of carbonyl (C=O) groups is 3. The van der Waals surface area contributed by atoms with Gasteiger partial charge >= 0.3 is 11.7 Å². The molecule has 13 heteroatoms. The molecule has 0 unspecified atom stereocenters. The quantitative estimate of drug-likeness (QED) is 0.267. The van der Waals surface area contributed by atoms with Crippen molar-refractivity contribution in [3.05, 3.63) is 80.5 Å². The van der Waals surface area contributed by atoms with Crippen LogP contribution in [0.4, 0.5) is 21.9 Å². The number of barbiturate groups is 1. The minimum atomic E-state index is -1.58. The van der Waals surface area contributed by atoms with Gasteiger partial charge in [-0.2, -0.15) is 0 Å². The average molecular weight is 544 g/mol. The SMILES string of the molecule is Cn1c(O)c(C=Nc2ccc3c(c2)CC2(C(=O)NC(=O)NC2=O)[C@H]2CN(c4ccccc4)CCN32)c(=O)[nH]c1=O. The number of anilines is 2. The molecule has 2 aromatic carbocycles. The van der Waals surface area contributed by atoms with Crippen LogP contribution < -0.4 is 31.7 Å². The maximum Gasteiger partial charge on any atom is 0.330 e. The van der Waals surface area contributed by atoms with E-state index in [2.05, 4.69) is 25.5 Å². The van der Waals surface area contributed by atoms with Crippen LogP contribution >= 0.6 is 0 Å². The highest BCUT2D eigenvalue weighted by Crippen LogP contribution is 2.45. The Bertz CT molecular complexity index is 1690. The summed E-state index contributed by atoms with van der Waals surface area (Å²) in [4.78, 5) is 73.4. The molecule has 40 heavy (non-hydrogen) atoms. The van der Waals surface area contributed by atoms with Crippen LogP contribution in [-0.2, 0) is 23.1 Å². The van der Waals surface area contributed by atoms with Crippen LogP contribution in [0.3, 0.4) is 0 Å². The van der Waals surface area contributed by atoms with E-state index in [9.17, 15) is 29.1 Å². The molecule has 1 atom stereocenters. The lowest BCUT2D eigenvalue weighted by Crippen LogP contribution is -2.74. The first-order chi connectivity index (χ1) is 19.2. The molecule has 0 bridgehead atoms. The van der Waals surface area contributed by atoms with Gasteiger partial charge in [-0.05, 0) is 42.3 Å². The number of aromatic nitrogens is 2. The number of aliphatic imine (C=N–C) groups is 1. The highest BCUT2D eigenvalue weighted by Gasteiger charge is 2.60. The Labute approximate surface area is 226 Å². The maximum absolute atomic E-state index is 13.5. The molecular weight excluding hydrogens is 518 g/mol. The summed E-state index contributed by atoms with van der Waals surface area (Å²) in [5.74, 6) is -1.85. The Morgan fingerprint density at radius 2 is 1.73 bits per heavy atom. The number of rotatable bonds is 3. The van der Waals surface area contributed by atoms with Crippen molar-refractivity contribution in [2.45, 2.75) is 12.5 Å². The van der Waals surface area contributed by atoms with E-state index in [1.54, 1.807) is 12.1 Å². The van der Waals surface area contributed by atoms with E-state index in [1.165, 1.54) is 7.05 Å². The van der Waals surface area contributed by atoms with Crippen molar-refractivity contribution in [1.29, 1.82) is 0 Å². The van der Waals surface area contributed by atoms with Crippen molar-refractivity contribution in [2.24, 2.45) is 17.5 Å². The number of urea groups is 1. The van der Waals surface area contributed by atoms with Crippen LogP contribution in [0.1, 0.15) is 11.1 Å². The second-order valence-corrected chi connectivity index (χ2v) is 10.0. The average Bonchev–Trinajstić information content (AvgIpc) is 2.94. The summed E-state index contributed by atoms with van der Waals surface area (Å²) >= 11 is 0. The highest BCUT2D eigenvalue weighted by molar-refractivity contribution is 6.20. The van der Waals surface area contributed by atoms with Crippen molar-refractivity contribution in [2.75, 3.05) is 29.4 Å². The van der Waals surface area contributed by atoms with E-state index >= 15 is 0 Å². The molecule has 0 saturated carbocycles. The molecule has 3 aliphatic heterocycles. The molecule has 4 amide bonds. The van der Waals surface area contributed by atoms with E-state index in [0.717, 1.165) is 22.2 Å². The number of para-hydroxylation sites is 1. The van der Waals surface area contributed by atoms with Crippen LogP contribution in [0.15, 0.2) is 63.1 Å². The molecule has 3 aliphatic rings. The van der Waals surface area contributed by atoms with Crippen molar-refractivity contribution >= 4 is 41.1 Å². The number of hydrogen-bond acceptors (Lipinski definition) is 9. The first-order valence-corrected chi connectivity index (χ1v) is 12.6. The smallest absolute Gasteiger partial charge is 0.330 e. The first kappa shape index (κ1) is 25.1. The van der Waals surface area contributed by atoms with Gasteiger partial charge in [-0.25, -0.2) is 9.59 Å². The molecule has 2 saturated heterocycles. The van der Waals surface area contributed by atoms with Crippen LogP contribution in [0.5, 0.6) is 5.88 Å². The third-order valence-corrected chi connectivity index (χ3v) is 7.85. The van der Waals surface area contributed by atoms with Crippen LogP contribution in [0.2, 0.25) is 0 Å². The van der Waals surface area contributed by atoms with Crippen LogP contribution in [0, 0.1) is 5.41 Å². The predicted molar refractivity (Wildman–Crippen MR) is 145 cm³/mol. The summed E-state index contributed by atoms with van der Waals surface area (Å²) in [5.41, 5.74) is -0.460. The van der Waals surface area contributed by atoms with E-state index < -0.39 is 46.4 Å². The van der Waals surface area contributed by atoms with Gasteiger partial charge in [0.1, 0.15) is 5.56 Å². The zero-order valence-electron chi connectivity index (χ0n) is 21.4. The summed E-state index contributed by atoms with van der Waals surface area (Å²) in [6.45, 7) is 1.55. The van der Waals surface area contributed by atoms with Crippen LogP contribution in [0.25, 0.3) is 0 Å². The zero-order valence-corrected chi connectivity index (χ0v) is 21.4. The molecule has 1 aromatic heterocycles. The van der Waals surface area contributed by atoms with E-state index in [-0.39, 0.29) is 12.0 Å². The Balaban J connectivity index is 1.41. The number of hydrogen-bond donors (Lipinski definition) is 4. The topological polar surface area (TPSA) is 169 Å². The lowest BCUT2D eigenvalue weighted by molar-refractivity contribution is -0.146. The van der Waals surface area contributed by atoms with E-state index in [0.29, 0.717) is 30.9 Å². The summed E-state index contributed by atoms with van der Waals surface area (Å²) in [6, 6.07) is 13.6. The summed E-state index contributed by atoms with van der Waals surface area (Å²) in [5, 5.41) is 14.8. The number of aromatic hydroxyl groups is 1. The van der Waals surface area contributed by atoms with E-state index in [4.69, 9.17) is 0 Å². The fraction of sp³-hybridized carbons (Fsp3) is 0.259. The Morgan fingerprint density at radius 1 is 1.00 bits per heavy atom. The number of aromatic amines is 1. The van der Waals surface area contributed by atoms with Crippen LogP contribution in [-0.4, -0.2) is 64.4 Å². The van der Waals surface area contributed by atoms with Gasteiger partial charge in [0.05, 0.1) is 11.7 Å². The molecule has 4 heterocycles. The molecule has 3 aromatic rings. The van der Waals surface area contributed by atoms with Gasteiger partial charge in [0.25, 0.3) is 5.56 Å². The first-order valence-electron chi connectivity index (χ1n) is 12.6. The summed E-state index contributed by atoms with van der Waals surface area (Å²) in [7, 11) is 1.31. The Morgan fingerprint density at radius 3 is 2.45 bits per heavy atom. The van der Waals surface area contributed by atoms with Gasteiger partial charge in [-0.3, -0.25) is 39.6 Å². The van der Waals surface area contributed by atoms with Crippen molar-refractivity contribution < 1.29 is 19.5 Å². The van der Waals surface area contributed by atoms with Gasteiger partial charge in [-0.15, -0.1) is 0 Å². The van der Waals surface area contributed by atoms with Crippen molar-refractivity contribution in [1.82, 2.24) is 20.2 Å². The van der Waals surface area contributed by atoms with Crippen molar-refractivity contribution in [3.63, 3.8) is 0 Å². The number of imide groups is 2. The summed E-state index contributed by atoms with van der Waals surface area (Å²) in [6.07, 6.45) is 1.17. The molecule has 204 valence electrons. The predicted octanol–water partition coefficient (Wildman–Crippen LogP) is 0.134. The molecular formula is C27H25N7O6. The monoisotopic (exact) mass is 543 g/mol. The maximum atomic E-state index is 13.5. The standard InChI is InChI=1S/C27H25N7O6/c1-32-22(36)18(21(35)29-26(32)40)13-28-16-7-8-19-15(11-16)12-27(23(37)30-25(39)31-24(27)38)20-14-33(9-10-34(19)20)17-5-3-2-4-6-17/h2-8,11,13,20,36H,9-10,12,14H2,1H3,(H,29,35,40)(H2,30,31,37,38,39)/t20-/m1/s1. The highest BCUT2D eigenvalue weighted by atomic mass is 16.3. The molecule has 1 spiro atoms. The van der Waals surface area contributed by atoms with Gasteiger partial charge in [0, 0.05) is 44.3 Å². The minimum Gasteiger partial charge on any atom is -0.494 e. The normalized spacial score (nSPS) is 19.8. The minimum absolute atomic E-state index is 0.0199. The molecule has 13 nitrogen and oxygen atoms in total. The lowest BCUT2D eigenvalue weighted by atomic mass is 9.68. The number of nitrogens with zero attached hydrogens (tertiary/aromatic N) is 4. The number of benzene rings is 2. The Kier molecular flexibility index (Phi) is 5.79. The number of fused-ring (bicyclic) bond motifs is 4. The Hall–Kier alpha value is -5.20. The number of piperazine rings is 1. The zero-order chi connectivity index (χ0) is 28.2. The number of carbonyl (C=O) groups excluding carboxylic acids is 3. The van der Waals surface area contributed by atoms with Gasteiger partial charge < -0.3 is 14.9 Å². The largest absolute Gasteiger partial charge is 0.494 e. The number of nitrogens with one attached hydrogen (secondary N) is 3. The van der Waals surface area contributed by atoms with Gasteiger partial charge in [0.2, 0.25) is 17.7 Å². The number of H-pyrrole nitrogens is 1. The van der Waals surface area contributed by atoms with Gasteiger partial charge in [0.15, 0.2) is 5.41 Å². The third kappa shape index (κ3) is 3.85. The number of amides is 4. The second-order valence-electron chi connectivity index (χ2n) is 10.0. The summed E-state index contributed by atoms with van der Waals surface area (Å²) < 4.78 is 0.885. The fourth-order valence-electron chi connectivity index (χ4n) is 5.77. The van der Waals surface area contributed by atoms with Gasteiger partial charge in [-0.1, -0.05) is 18.2 Å². The van der Waals surface area contributed by atoms with E-state index in [1.807, 2.05) is 41.3 Å². The molecule has 4 N–H and O–H groups in total. The third-order valence-electron chi connectivity index (χ3n) is 7.85. The second kappa shape index (κ2) is 9.22. The van der Waals surface area contributed by atoms with Crippen molar-refractivity contribution in [3.8, 4) is 5.88 Å². The molecule has 0 aliphatic carbocycles. The fourth-order valence-corrected chi connectivity index (χ4v) is 5.77. The molecule has 0 radical (unpaired) electrons. The lowest BCUT2D eigenvalue weighted by Gasteiger charge is -2.54.